The number of aromatic hydroxyl groups is 1. The average Bonchev–Trinajstić information content (AvgIpc) is 3.29. The zero-order valence-electron chi connectivity index (χ0n) is 24.5. The number of nitrogens with two attached hydrogens (primary N) is 1. The van der Waals surface area contributed by atoms with Crippen LogP contribution in [0.15, 0.2) is 36.5 Å². The molecule has 5 rings (SSSR count). The summed E-state index contributed by atoms with van der Waals surface area (Å²) in [5.74, 6) is 1.82. The van der Waals surface area contributed by atoms with Crippen LogP contribution in [0.5, 0.6) is 5.75 Å². The summed E-state index contributed by atoms with van der Waals surface area (Å²) in [5, 5.41) is 16.4. The molecule has 0 spiro atoms. The molecule has 1 aromatic heterocycles. The van der Waals surface area contributed by atoms with E-state index in [0.717, 1.165) is 50.3 Å². The highest BCUT2D eigenvalue weighted by Gasteiger charge is 2.36. The average molecular weight is 564 g/mol. The summed E-state index contributed by atoms with van der Waals surface area (Å²) in [6, 6.07) is 9.44. The number of likely N-dealkylation sites (tertiary alicyclic amines) is 1. The Hall–Kier alpha value is -2.91. The van der Waals surface area contributed by atoms with Crippen molar-refractivity contribution in [2.24, 2.45) is 5.73 Å². The quantitative estimate of drug-likeness (QED) is 0.339. The monoisotopic (exact) mass is 563 g/mol. The lowest BCUT2D eigenvalue weighted by Gasteiger charge is -2.47. The van der Waals surface area contributed by atoms with E-state index in [9.17, 15) is 9.90 Å². The Bertz CT molecular complexity index is 1080. The smallest absolute Gasteiger partial charge is 0.237 e. The normalized spacial score (nSPS) is 23.5. The number of nitrogens with zero attached hydrogens (tertiary/aromatic N) is 4. The molecule has 0 bridgehead atoms. The Morgan fingerprint density at radius 1 is 0.951 bits per heavy atom. The number of carbonyl (C=O) groups is 1. The molecule has 0 radical (unpaired) electrons. The highest BCUT2D eigenvalue weighted by Crippen LogP contribution is 2.31. The Morgan fingerprint density at radius 2 is 1.68 bits per heavy atom. The first-order valence-corrected chi connectivity index (χ1v) is 16.0. The number of phenols is 1. The number of hydrogen-bond acceptors (Lipinski definition) is 8. The Kier molecular flexibility index (Phi) is 10.7. The van der Waals surface area contributed by atoms with Crippen LogP contribution in [-0.4, -0.2) is 76.2 Å². The number of nitrogens with one attached hydrogen (secondary N) is 2. The molecule has 224 valence electrons. The van der Waals surface area contributed by atoms with Crippen LogP contribution in [0.1, 0.15) is 82.6 Å². The fourth-order valence-electron chi connectivity index (χ4n) is 7.00. The first-order valence-electron chi connectivity index (χ1n) is 16.0. The standard InChI is InChI=1S/C32H49N7O2/c33-27(23-24-12-14-26(40)15-13-24)31(41)34-18-16-29-28(11-8-22-39(29)25-9-4-3-5-10-25)36-32-35-19-17-30(37-32)38-20-6-1-2-7-21-38/h12-15,17,19,25,27-29,40H,1-11,16,18,20-23,33H2,(H,34,41)(H,35,36,37)/t27-,28+,29-/m1/s1. The van der Waals surface area contributed by atoms with Gasteiger partial charge in [-0.2, -0.15) is 4.98 Å². The molecule has 3 atom stereocenters. The van der Waals surface area contributed by atoms with Gasteiger partial charge < -0.3 is 26.4 Å². The molecule has 1 amide bonds. The Balaban J connectivity index is 1.23. The van der Waals surface area contributed by atoms with Crippen molar-refractivity contribution in [1.82, 2.24) is 20.2 Å². The van der Waals surface area contributed by atoms with Crippen LogP contribution in [-0.2, 0) is 11.2 Å². The van der Waals surface area contributed by atoms with Gasteiger partial charge in [0.15, 0.2) is 0 Å². The summed E-state index contributed by atoms with van der Waals surface area (Å²) in [4.78, 5) is 27.6. The molecular weight excluding hydrogens is 514 g/mol. The van der Waals surface area contributed by atoms with E-state index >= 15 is 0 Å². The number of carbonyl (C=O) groups excluding carboxylic acids is 1. The van der Waals surface area contributed by atoms with Gasteiger partial charge in [0.2, 0.25) is 11.9 Å². The van der Waals surface area contributed by atoms with Crippen LogP contribution in [0, 0.1) is 0 Å². The molecular formula is C32H49N7O2. The molecule has 9 nitrogen and oxygen atoms in total. The van der Waals surface area contributed by atoms with E-state index < -0.39 is 6.04 Å². The Labute approximate surface area is 245 Å². The number of anilines is 2. The summed E-state index contributed by atoms with van der Waals surface area (Å²) in [6.07, 6.45) is 16.9. The van der Waals surface area contributed by atoms with Crippen LogP contribution in [0.3, 0.4) is 0 Å². The predicted molar refractivity (Wildman–Crippen MR) is 164 cm³/mol. The van der Waals surface area contributed by atoms with Gasteiger partial charge in [-0.25, -0.2) is 4.98 Å². The molecule has 3 fully saturated rings. The van der Waals surface area contributed by atoms with Crippen LogP contribution in [0.2, 0.25) is 0 Å². The van der Waals surface area contributed by atoms with Crippen molar-refractivity contribution in [3.8, 4) is 5.75 Å². The molecule has 1 saturated carbocycles. The number of rotatable bonds is 10. The summed E-state index contributed by atoms with van der Waals surface area (Å²) < 4.78 is 0. The van der Waals surface area contributed by atoms with Crippen LogP contribution < -0.4 is 21.3 Å². The second kappa shape index (κ2) is 14.8. The van der Waals surface area contributed by atoms with Gasteiger partial charge >= 0.3 is 0 Å². The van der Waals surface area contributed by atoms with Gasteiger partial charge in [0, 0.05) is 44.0 Å². The number of hydrogen-bond donors (Lipinski definition) is 4. The lowest BCUT2D eigenvalue weighted by atomic mass is 9.87. The number of aromatic nitrogens is 2. The maximum absolute atomic E-state index is 12.9. The molecule has 41 heavy (non-hydrogen) atoms. The SMILES string of the molecule is N[C@H](Cc1ccc(O)cc1)C(=O)NCC[C@@H]1[C@@H](Nc2nccc(N3CCCCCC3)n2)CCCN1C1CCCCC1. The van der Waals surface area contributed by atoms with E-state index in [2.05, 4.69) is 25.4 Å². The maximum atomic E-state index is 12.9. The van der Waals surface area contributed by atoms with Gasteiger partial charge in [-0.3, -0.25) is 9.69 Å². The summed E-state index contributed by atoms with van der Waals surface area (Å²) in [7, 11) is 0. The molecule has 3 heterocycles. The zero-order valence-corrected chi connectivity index (χ0v) is 24.5. The maximum Gasteiger partial charge on any atom is 0.237 e. The molecule has 2 aliphatic heterocycles. The van der Waals surface area contributed by atoms with Crippen molar-refractivity contribution in [2.45, 2.75) is 108 Å². The van der Waals surface area contributed by atoms with Gasteiger partial charge in [-0.1, -0.05) is 44.2 Å². The van der Waals surface area contributed by atoms with Crippen LogP contribution >= 0.6 is 0 Å². The molecule has 1 aromatic carbocycles. The predicted octanol–water partition coefficient (Wildman–Crippen LogP) is 4.22. The number of piperidine rings is 1. The summed E-state index contributed by atoms with van der Waals surface area (Å²) >= 11 is 0. The van der Waals surface area contributed by atoms with E-state index in [1.165, 1.54) is 57.8 Å². The van der Waals surface area contributed by atoms with Gasteiger partial charge in [0.05, 0.1) is 6.04 Å². The van der Waals surface area contributed by atoms with Gasteiger partial charge in [-0.05, 0) is 81.7 Å². The molecule has 9 heteroatoms. The second-order valence-electron chi connectivity index (χ2n) is 12.2. The van der Waals surface area contributed by atoms with Crippen molar-refractivity contribution < 1.29 is 9.90 Å². The molecule has 3 aliphatic rings. The molecule has 2 aromatic rings. The van der Waals surface area contributed by atoms with Gasteiger partial charge in [0.25, 0.3) is 0 Å². The minimum Gasteiger partial charge on any atom is -0.508 e. The lowest BCUT2D eigenvalue weighted by molar-refractivity contribution is -0.122. The van der Waals surface area contributed by atoms with E-state index in [4.69, 9.17) is 10.7 Å². The van der Waals surface area contributed by atoms with E-state index in [1.54, 1.807) is 12.1 Å². The second-order valence-corrected chi connectivity index (χ2v) is 12.2. The van der Waals surface area contributed by atoms with E-state index in [-0.39, 0.29) is 17.7 Å². The fourth-order valence-corrected chi connectivity index (χ4v) is 7.00. The fraction of sp³-hybridized carbons (Fsp3) is 0.656. The minimum atomic E-state index is -0.621. The van der Waals surface area contributed by atoms with Crippen LogP contribution in [0.25, 0.3) is 0 Å². The van der Waals surface area contributed by atoms with Gasteiger partial charge in [-0.15, -0.1) is 0 Å². The first-order chi connectivity index (χ1) is 20.1. The molecule has 2 saturated heterocycles. The number of phenolic OH excluding ortho intramolecular Hbond substituents is 1. The van der Waals surface area contributed by atoms with Crippen LogP contribution in [0.4, 0.5) is 11.8 Å². The van der Waals surface area contributed by atoms with Crippen molar-refractivity contribution in [1.29, 1.82) is 0 Å². The molecule has 0 unspecified atom stereocenters. The molecule has 1 aliphatic carbocycles. The third-order valence-corrected chi connectivity index (χ3v) is 9.22. The number of benzene rings is 1. The van der Waals surface area contributed by atoms with Crippen molar-refractivity contribution in [3.63, 3.8) is 0 Å². The van der Waals surface area contributed by atoms with Crippen molar-refractivity contribution in [3.05, 3.63) is 42.1 Å². The van der Waals surface area contributed by atoms with E-state index in [1.807, 2.05) is 24.4 Å². The van der Waals surface area contributed by atoms with Gasteiger partial charge in [0.1, 0.15) is 11.6 Å². The largest absolute Gasteiger partial charge is 0.508 e. The highest BCUT2D eigenvalue weighted by molar-refractivity contribution is 5.81. The number of amides is 1. The summed E-state index contributed by atoms with van der Waals surface area (Å²) in [5.41, 5.74) is 7.19. The van der Waals surface area contributed by atoms with Crippen molar-refractivity contribution in [2.75, 3.05) is 36.4 Å². The first kappa shape index (κ1) is 29.6. The lowest BCUT2D eigenvalue weighted by Crippen LogP contribution is -2.56. The molecule has 5 N–H and O–H groups in total. The van der Waals surface area contributed by atoms with E-state index in [0.29, 0.717) is 31.0 Å². The third-order valence-electron chi connectivity index (χ3n) is 9.22. The Morgan fingerprint density at radius 3 is 2.44 bits per heavy atom. The topological polar surface area (TPSA) is 120 Å². The highest BCUT2D eigenvalue weighted by atomic mass is 16.3. The minimum absolute atomic E-state index is 0.129. The third kappa shape index (κ3) is 8.32. The van der Waals surface area contributed by atoms with Crippen molar-refractivity contribution >= 4 is 17.7 Å². The zero-order chi connectivity index (χ0) is 28.4. The summed E-state index contributed by atoms with van der Waals surface area (Å²) in [6.45, 7) is 3.82.